The molecular weight excluding hydrogens is 444 g/mol. The van der Waals surface area contributed by atoms with Gasteiger partial charge in [0.15, 0.2) is 0 Å². The van der Waals surface area contributed by atoms with Crippen LogP contribution in [0.4, 0.5) is 5.95 Å². The molecule has 0 aliphatic carbocycles. The van der Waals surface area contributed by atoms with Crippen LogP contribution in [0.25, 0.3) is 5.69 Å². The SMILES string of the molecule is COc1cccc(OC)c1-n1c(N[S+]([O-])C(C)C(C)c2ncc(C)cn2)nnc1C1COC1. The second-order valence-electron chi connectivity index (χ2n) is 7.97. The molecule has 1 aliphatic heterocycles. The third-order valence-electron chi connectivity index (χ3n) is 5.76. The van der Waals surface area contributed by atoms with Crippen molar-refractivity contribution in [3.8, 4) is 17.2 Å². The number of para-hydroxylation sites is 1. The van der Waals surface area contributed by atoms with Crippen LogP contribution in [0.15, 0.2) is 30.6 Å². The fourth-order valence-corrected chi connectivity index (χ4v) is 4.49. The van der Waals surface area contributed by atoms with Crippen molar-refractivity contribution in [2.45, 2.75) is 37.9 Å². The molecule has 0 amide bonds. The fraction of sp³-hybridized carbons (Fsp3) is 0.455. The number of benzene rings is 1. The van der Waals surface area contributed by atoms with Gasteiger partial charge in [-0.05, 0) is 31.5 Å². The molecule has 0 radical (unpaired) electrons. The van der Waals surface area contributed by atoms with Crippen LogP contribution in [0.1, 0.15) is 42.9 Å². The zero-order valence-electron chi connectivity index (χ0n) is 19.3. The molecule has 1 saturated heterocycles. The van der Waals surface area contributed by atoms with Crippen LogP contribution < -0.4 is 14.2 Å². The minimum Gasteiger partial charge on any atom is -0.593 e. The number of methoxy groups -OCH3 is 2. The van der Waals surface area contributed by atoms with E-state index in [9.17, 15) is 4.55 Å². The first-order valence-electron chi connectivity index (χ1n) is 10.6. The van der Waals surface area contributed by atoms with Gasteiger partial charge < -0.3 is 18.8 Å². The third-order valence-corrected chi connectivity index (χ3v) is 7.23. The lowest BCUT2D eigenvalue weighted by atomic mass is 10.1. The number of ether oxygens (including phenoxy) is 3. The molecule has 3 aromatic rings. The largest absolute Gasteiger partial charge is 0.593 e. The van der Waals surface area contributed by atoms with E-state index in [0.29, 0.717) is 48.0 Å². The van der Waals surface area contributed by atoms with Gasteiger partial charge in [0, 0.05) is 12.4 Å². The Morgan fingerprint density at radius 2 is 1.76 bits per heavy atom. The molecule has 1 aliphatic rings. The van der Waals surface area contributed by atoms with Crippen LogP contribution in [0.2, 0.25) is 0 Å². The van der Waals surface area contributed by atoms with Gasteiger partial charge >= 0.3 is 0 Å². The maximum atomic E-state index is 13.3. The van der Waals surface area contributed by atoms with E-state index in [1.54, 1.807) is 26.6 Å². The Bertz CT molecular complexity index is 1070. The van der Waals surface area contributed by atoms with E-state index < -0.39 is 11.4 Å². The van der Waals surface area contributed by atoms with Gasteiger partial charge in [0.2, 0.25) is 0 Å². The molecule has 3 atom stereocenters. The highest BCUT2D eigenvalue weighted by atomic mass is 32.2. The van der Waals surface area contributed by atoms with E-state index in [-0.39, 0.29) is 17.1 Å². The number of aromatic nitrogens is 5. The molecule has 3 heterocycles. The Kier molecular flexibility index (Phi) is 7.01. The predicted molar refractivity (Wildman–Crippen MR) is 124 cm³/mol. The molecule has 3 unspecified atom stereocenters. The summed E-state index contributed by atoms with van der Waals surface area (Å²) in [6.45, 7) is 6.86. The third kappa shape index (κ3) is 4.61. The van der Waals surface area contributed by atoms with E-state index in [2.05, 4.69) is 24.9 Å². The number of aryl methyl sites for hydroxylation is 1. The van der Waals surface area contributed by atoms with Crippen LogP contribution in [-0.4, -0.2) is 62.0 Å². The van der Waals surface area contributed by atoms with Crippen LogP contribution in [-0.2, 0) is 16.1 Å². The van der Waals surface area contributed by atoms with Crippen LogP contribution in [0, 0.1) is 6.92 Å². The summed E-state index contributed by atoms with van der Waals surface area (Å²) in [6.07, 6.45) is 3.53. The minimum absolute atomic E-state index is 0.0633. The standard InChI is InChI=1S/C22H28N6O4S/c1-13-9-23-20(24-10-13)14(2)15(3)33(29)27-22-26-25-21(16-11-32-12-16)28(22)19-17(30-4)7-6-8-18(19)31-5/h6-10,14-16H,11-12H2,1-5H3,(H,26,27). The van der Waals surface area contributed by atoms with Crippen molar-refractivity contribution in [3.05, 3.63) is 47.8 Å². The number of nitrogens with one attached hydrogen (secondary N) is 1. The minimum atomic E-state index is -1.50. The lowest BCUT2D eigenvalue weighted by Gasteiger charge is -2.27. The second-order valence-corrected chi connectivity index (χ2v) is 9.52. The fourth-order valence-electron chi connectivity index (χ4n) is 3.50. The summed E-state index contributed by atoms with van der Waals surface area (Å²) >= 11 is -1.50. The highest BCUT2D eigenvalue weighted by Crippen LogP contribution is 2.38. The van der Waals surface area contributed by atoms with Crippen molar-refractivity contribution in [2.75, 3.05) is 32.2 Å². The van der Waals surface area contributed by atoms with Gasteiger partial charge in [-0.15, -0.1) is 10.2 Å². The normalized spacial score (nSPS) is 16.5. The van der Waals surface area contributed by atoms with Crippen molar-refractivity contribution in [2.24, 2.45) is 0 Å². The van der Waals surface area contributed by atoms with Gasteiger partial charge in [-0.1, -0.05) is 13.0 Å². The van der Waals surface area contributed by atoms with E-state index in [1.807, 2.05) is 43.5 Å². The highest BCUT2D eigenvalue weighted by Gasteiger charge is 2.34. The Labute approximate surface area is 196 Å². The first kappa shape index (κ1) is 23.3. The number of hydrogen-bond donors (Lipinski definition) is 1. The molecule has 176 valence electrons. The van der Waals surface area contributed by atoms with Crippen LogP contribution >= 0.6 is 0 Å². The lowest BCUT2D eigenvalue weighted by molar-refractivity contribution is 0.00415. The Morgan fingerprint density at radius 1 is 1.12 bits per heavy atom. The molecule has 33 heavy (non-hydrogen) atoms. The average molecular weight is 473 g/mol. The first-order valence-corrected chi connectivity index (χ1v) is 11.9. The molecule has 1 aromatic carbocycles. The molecular formula is C22H28N6O4S. The summed E-state index contributed by atoms with van der Waals surface area (Å²) in [4.78, 5) is 8.78. The zero-order chi connectivity index (χ0) is 23.5. The Balaban J connectivity index is 1.68. The van der Waals surface area contributed by atoms with Gasteiger partial charge in [-0.2, -0.15) is 4.72 Å². The van der Waals surface area contributed by atoms with E-state index in [1.165, 1.54) is 0 Å². The molecule has 0 saturated carbocycles. The average Bonchev–Trinajstić information content (AvgIpc) is 3.18. The molecule has 2 aromatic heterocycles. The number of nitrogens with zero attached hydrogens (tertiary/aromatic N) is 5. The van der Waals surface area contributed by atoms with Gasteiger partial charge in [-0.3, -0.25) is 4.57 Å². The van der Waals surface area contributed by atoms with E-state index in [0.717, 1.165) is 5.56 Å². The molecule has 1 fully saturated rings. The summed E-state index contributed by atoms with van der Waals surface area (Å²) < 4.78 is 34.8. The summed E-state index contributed by atoms with van der Waals surface area (Å²) in [5, 5.41) is 8.42. The number of rotatable bonds is 9. The summed E-state index contributed by atoms with van der Waals surface area (Å²) in [5.41, 5.74) is 1.61. The van der Waals surface area contributed by atoms with Crippen molar-refractivity contribution >= 4 is 17.3 Å². The quantitative estimate of drug-likeness (QED) is 0.469. The predicted octanol–water partition coefficient (Wildman–Crippen LogP) is 2.76. The molecule has 0 spiro atoms. The second kappa shape index (κ2) is 9.94. The van der Waals surface area contributed by atoms with Crippen molar-refractivity contribution in [1.29, 1.82) is 0 Å². The van der Waals surface area contributed by atoms with Gasteiger partial charge in [-0.25, -0.2) is 9.97 Å². The summed E-state index contributed by atoms with van der Waals surface area (Å²) in [6, 6.07) is 5.51. The molecule has 0 bridgehead atoms. The summed E-state index contributed by atoms with van der Waals surface area (Å²) in [7, 11) is 3.18. The van der Waals surface area contributed by atoms with E-state index >= 15 is 0 Å². The monoisotopic (exact) mass is 472 g/mol. The smallest absolute Gasteiger partial charge is 0.271 e. The maximum Gasteiger partial charge on any atom is 0.271 e. The van der Waals surface area contributed by atoms with Crippen molar-refractivity contribution < 1.29 is 18.8 Å². The Morgan fingerprint density at radius 3 is 2.30 bits per heavy atom. The number of hydrogen-bond acceptors (Lipinski definition) is 9. The van der Waals surface area contributed by atoms with Crippen LogP contribution in [0.5, 0.6) is 11.5 Å². The maximum absolute atomic E-state index is 13.3. The van der Waals surface area contributed by atoms with E-state index in [4.69, 9.17) is 14.2 Å². The summed E-state index contributed by atoms with van der Waals surface area (Å²) in [5.74, 6) is 2.75. The molecule has 1 N–H and O–H groups in total. The van der Waals surface area contributed by atoms with Gasteiger partial charge in [0.05, 0.1) is 50.6 Å². The van der Waals surface area contributed by atoms with Gasteiger partial charge in [0.1, 0.15) is 34.1 Å². The first-order chi connectivity index (χ1) is 15.9. The number of anilines is 1. The zero-order valence-corrected chi connectivity index (χ0v) is 20.1. The molecule has 10 nitrogen and oxygen atoms in total. The van der Waals surface area contributed by atoms with Crippen LogP contribution in [0.3, 0.4) is 0 Å². The van der Waals surface area contributed by atoms with Crippen molar-refractivity contribution in [1.82, 2.24) is 24.7 Å². The Hall–Kier alpha value is -2.89. The van der Waals surface area contributed by atoms with Crippen molar-refractivity contribution in [3.63, 3.8) is 0 Å². The highest BCUT2D eigenvalue weighted by molar-refractivity contribution is 7.93. The lowest BCUT2D eigenvalue weighted by Crippen LogP contribution is -2.32. The topological polar surface area (TPSA) is 119 Å². The van der Waals surface area contributed by atoms with Gasteiger partial charge in [0.25, 0.3) is 5.95 Å². The molecule has 4 rings (SSSR count). The molecule has 11 heteroatoms.